The molecule has 1 saturated heterocycles. The molecule has 0 radical (unpaired) electrons. The summed E-state index contributed by atoms with van der Waals surface area (Å²) in [6.07, 6.45) is 5.50. The van der Waals surface area contributed by atoms with Crippen molar-refractivity contribution in [2.45, 2.75) is 37.3 Å². The van der Waals surface area contributed by atoms with E-state index >= 15 is 0 Å². The summed E-state index contributed by atoms with van der Waals surface area (Å²) in [4.78, 5) is 17.4. The number of rotatable bonds is 0. The van der Waals surface area contributed by atoms with Crippen molar-refractivity contribution in [2.24, 2.45) is 4.99 Å². The molecule has 1 atom stereocenters. The monoisotopic (exact) mass is 262 g/mol. The van der Waals surface area contributed by atoms with Crippen LogP contribution < -0.4 is 5.43 Å². The topological polar surface area (TPSA) is 68.2 Å². The lowest BCUT2D eigenvalue weighted by molar-refractivity contribution is 0.139. The molecule has 102 valence electrons. The second kappa shape index (κ2) is 3.72. The van der Waals surface area contributed by atoms with E-state index in [0.29, 0.717) is 19.1 Å². The molecule has 2 fully saturated rings. The van der Waals surface area contributed by atoms with E-state index in [1.54, 1.807) is 0 Å². The van der Waals surface area contributed by atoms with Gasteiger partial charge in [0.2, 0.25) is 0 Å². The zero-order valence-corrected chi connectivity index (χ0v) is 10.8. The number of aliphatic imine (C=N–C) groups is 1. The van der Waals surface area contributed by atoms with E-state index in [-0.39, 0.29) is 5.54 Å². The van der Waals surface area contributed by atoms with Gasteiger partial charge >= 0.3 is 6.09 Å². The second-order valence-corrected chi connectivity index (χ2v) is 5.97. The molecule has 3 aliphatic heterocycles. The highest BCUT2D eigenvalue weighted by Crippen LogP contribution is 2.45. The van der Waals surface area contributed by atoms with Gasteiger partial charge in [0.25, 0.3) is 0 Å². The van der Waals surface area contributed by atoms with Crippen LogP contribution in [0.3, 0.4) is 0 Å². The van der Waals surface area contributed by atoms with Gasteiger partial charge in [0.05, 0.1) is 17.3 Å². The van der Waals surface area contributed by atoms with Gasteiger partial charge in [0, 0.05) is 25.8 Å². The molecule has 0 unspecified atom stereocenters. The summed E-state index contributed by atoms with van der Waals surface area (Å²) in [5, 5.41) is 11.3. The minimum atomic E-state index is -0.825. The minimum absolute atomic E-state index is 0.205. The first-order chi connectivity index (χ1) is 9.17. The van der Waals surface area contributed by atoms with Crippen LogP contribution in [-0.2, 0) is 0 Å². The smallest absolute Gasteiger partial charge is 0.407 e. The predicted octanol–water partition coefficient (Wildman–Crippen LogP) is 0.820. The summed E-state index contributed by atoms with van der Waals surface area (Å²) in [5.74, 6) is 0. The molecule has 4 rings (SSSR count). The van der Waals surface area contributed by atoms with E-state index < -0.39 is 6.09 Å². The van der Waals surface area contributed by atoms with Gasteiger partial charge in [-0.15, -0.1) is 0 Å². The van der Waals surface area contributed by atoms with Gasteiger partial charge in [-0.2, -0.15) is 0 Å². The number of likely N-dealkylation sites (tertiary alicyclic amines) is 1. The Morgan fingerprint density at radius 3 is 3.00 bits per heavy atom. The number of hydrogen-bond acceptors (Lipinski definition) is 4. The summed E-state index contributed by atoms with van der Waals surface area (Å²) in [6.45, 7) is 2.10. The fraction of sp³-hybridized carbons (Fsp3) is 0.692. The van der Waals surface area contributed by atoms with Crippen molar-refractivity contribution in [3.8, 4) is 0 Å². The molecular formula is C13H18N4O2. The molecule has 0 bridgehead atoms. The molecule has 2 N–H and O–H groups in total. The Morgan fingerprint density at radius 2 is 2.26 bits per heavy atom. The lowest BCUT2D eigenvalue weighted by Gasteiger charge is -2.29. The summed E-state index contributed by atoms with van der Waals surface area (Å²) >= 11 is 0. The molecule has 1 saturated carbocycles. The molecule has 1 spiro atoms. The first kappa shape index (κ1) is 11.3. The molecule has 6 nitrogen and oxygen atoms in total. The zero-order chi connectivity index (χ0) is 13.0. The SMILES string of the molecule is O=C(O)N1CC[C@H]2NN3CCC4(CC4)N=CC3=C2C1. The van der Waals surface area contributed by atoms with Crippen molar-refractivity contribution >= 4 is 12.3 Å². The average Bonchev–Trinajstić information content (AvgIpc) is 3.12. The molecule has 0 aromatic rings. The molecule has 6 heteroatoms. The number of hydrazine groups is 1. The van der Waals surface area contributed by atoms with Crippen molar-refractivity contribution in [1.82, 2.24) is 15.3 Å². The molecular weight excluding hydrogens is 244 g/mol. The van der Waals surface area contributed by atoms with Crippen molar-refractivity contribution < 1.29 is 9.90 Å². The summed E-state index contributed by atoms with van der Waals surface area (Å²) in [6, 6.07) is 0.297. The fourth-order valence-electron chi connectivity index (χ4n) is 3.29. The lowest BCUT2D eigenvalue weighted by atomic mass is 9.99. The van der Waals surface area contributed by atoms with Gasteiger partial charge in [0.1, 0.15) is 0 Å². The fourth-order valence-corrected chi connectivity index (χ4v) is 3.29. The van der Waals surface area contributed by atoms with Crippen LogP contribution in [0.4, 0.5) is 4.79 Å². The number of carbonyl (C=O) groups is 1. The predicted molar refractivity (Wildman–Crippen MR) is 69.9 cm³/mol. The van der Waals surface area contributed by atoms with Gasteiger partial charge < -0.3 is 15.0 Å². The maximum atomic E-state index is 11.1. The third-order valence-electron chi connectivity index (χ3n) is 4.76. The van der Waals surface area contributed by atoms with Crippen LogP contribution >= 0.6 is 0 Å². The molecule has 4 aliphatic rings. The van der Waals surface area contributed by atoms with Gasteiger partial charge in [-0.1, -0.05) is 0 Å². The molecule has 1 amide bonds. The number of hydrogen-bond donors (Lipinski definition) is 2. The number of carboxylic acid groups (broad SMARTS) is 1. The van der Waals surface area contributed by atoms with E-state index in [4.69, 9.17) is 10.1 Å². The number of piperidine rings is 1. The third-order valence-corrected chi connectivity index (χ3v) is 4.76. The van der Waals surface area contributed by atoms with Crippen LogP contribution in [0.2, 0.25) is 0 Å². The highest BCUT2D eigenvalue weighted by Gasteiger charge is 2.45. The molecule has 19 heavy (non-hydrogen) atoms. The van der Waals surface area contributed by atoms with Gasteiger partial charge in [-0.25, -0.2) is 10.2 Å². The van der Waals surface area contributed by atoms with Crippen LogP contribution in [-0.4, -0.2) is 58.5 Å². The van der Waals surface area contributed by atoms with Crippen molar-refractivity contribution in [1.29, 1.82) is 0 Å². The summed E-state index contributed by atoms with van der Waals surface area (Å²) < 4.78 is 0. The Hall–Kier alpha value is -1.56. The van der Waals surface area contributed by atoms with Crippen LogP contribution in [0, 0.1) is 0 Å². The second-order valence-electron chi connectivity index (χ2n) is 5.97. The van der Waals surface area contributed by atoms with Crippen LogP contribution in [0.25, 0.3) is 0 Å². The molecule has 0 aromatic heterocycles. The minimum Gasteiger partial charge on any atom is -0.465 e. The highest BCUT2D eigenvalue weighted by atomic mass is 16.4. The zero-order valence-electron chi connectivity index (χ0n) is 10.8. The quantitative estimate of drug-likeness (QED) is 0.678. The van der Waals surface area contributed by atoms with Crippen LogP contribution in [0.1, 0.15) is 25.7 Å². The molecule has 3 heterocycles. The summed E-state index contributed by atoms with van der Waals surface area (Å²) in [7, 11) is 0. The molecule has 0 aromatic carbocycles. The average molecular weight is 262 g/mol. The number of amides is 1. The van der Waals surface area contributed by atoms with E-state index in [9.17, 15) is 4.79 Å². The van der Waals surface area contributed by atoms with E-state index in [0.717, 1.165) is 25.1 Å². The first-order valence-electron chi connectivity index (χ1n) is 6.97. The van der Waals surface area contributed by atoms with E-state index in [2.05, 4.69) is 10.4 Å². The Bertz CT molecular complexity index is 495. The van der Waals surface area contributed by atoms with Crippen molar-refractivity contribution in [3.63, 3.8) is 0 Å². The van der Waals surface area contributed by atoms with Crippen LogP contribution in [0.15, 0.2) is 16.3 Å². The van der Waals surface area contributed by atoms with E-state index in [1.165, 1.54) is 23.3 Å². The summed E-state index contributed by atoms with van der Waals surface area (Å²) in [5.41, 5.74) is 6.01. The Labute approximate surface area is 111 Å². The third kappa shape index (κ3) is 1.74. The largest absolute Gasteiger partial charge is 0.465 e. The number of fused-ring (bicyclic) bond motifs is 2. The maximum Gasteiger partial charge on any atom is 0.407 e. The van der Waals surface area contributed by atoms with Crippen LogP contribution in [0.5, 0.6) is 0 Å². The van der Waals surface area contributed by atoms with E-state index in [1.807, 2.05) is 6.21 Å². The number of nitrogens with one attached hydrogen (secondary N) is 1. The maximum absolute atomic E-state index is 11.1. The number of allylic oxidation sites excluding steroid dienone is 1. The Balaban J connectivity index is 1.65. The van der Waals surface area contributed by atoms with Crippen molar-refractivity contribution in [3.05, 3.63) is 11.3 Å². The first-order valence-corrected chi connectivity index (χ1v) is 6.97. The number of nitrogens with zero attached hydrogens (tertiary/aromatic N) is 3. The normalized spacial score (nSPS) is 31.3. The van der Waals surface area contributed by atoms with Crippen molar-refractivity contribution in [2.75, 3.05) is 19.6 Å². The Kier molecular flexibility index (Phi) is 2.21. The van der Waals surface area contributed by atoms with Gasteiger partial charge in [-0.05, 0) is 31.3 Å². The standard InChI is InChI=1S/C13H18N4O2/c18-12(19)16-5-1-10-9(8-16)11-7-14-13(2-3-13)4-6-17(11)15-10/h7,10,15H,1-6,8H2,(H,18,19)/t10-/m1/s1. The lowest BCUT2D eigenvalue weighted by Crippen LogP contribution is -2.45. The van der Waals surface area contributed by atoms with Gasteiger partial charge in [-0.3, -0.25) is 4.99 Å². The van der Waals surface area contributed by atoms with Gasteiger partial charge in [0.15, 0.2) is 0 Å². The molecule has 1 aliphatic carbocycles. The highest BCUT2D eigenvalue weighted by molar-refractivity contribution is 5.81. The Morgan fingerprint density at radius 1 is 1.42 bits per heavy atom.